The summed E-state index contributed by atoms with van der Waals surface area (Å²) >= 11 is 2.18. The number of carbonyl (C=O) groups excluding carboxylic acids is 1. The lowest BCUT2D eigenvalue weighted by molar-refractivity contribution is -0.134. The fourth-order valence-corrected chi connectivity index (χ4v) is 2.77. The lowest BCUT2D eigenvalue weighted by Gasteiger charge is -2.12. The van der Waals surface area contributed by atoms with Gasteiger partial charge in [-0.2, -0.15) is 0 Å². The third kappa shape index (κ3) is 4.48. The van der Waals surface area contributed by atoms with Crippen molar-refractivity contribution in [3.8, 4) is 11.5 Å². The maximum Gasteiger partial charge on any atom is 0.308 e. The lowest BCUT2D eigenvalue weighted by atomic mass is 10.1. The van der Waals surface area contributed by atoms with Gasteiger partial charge in [0.25, 0.3) is 0 Å². The van der Waals surface area contributed by atoms with Crippen LogP contribution in [0.1, 0.15) is 18.1 Å². The molecule has 0 spiro atoms. The Labute approximate surface area is 149 Å². The van der Waals surface area contributed by atoms with Gasteiger partial charge in [0.15, 0.2) is 5.76 Å². The zero-order chi connectivity index (χ0) is 16.8. The first-order chi connectivity index (χ1) is 11.0. The standard InChI is InChI=1S/C18H17IO4/c1-12(20)23-18(14-6-10-16(22-3)11-7-14)17(19)13-4-8-15(21-2)9-5-13/h4-11H,1-3H3/b18-17-. The van der Waals surface area contributed by atoms with Crippen molar-refractivity contribution in [2.24, 2.45) is 0 Å². The first-order valence-electron chi connectivity index (χ1n) is 6.92. The maximum atomic E-state index is 11.5. The molecule has 0 fully saturated rings. The Kier molecular flexibility index (Phi) is 6.04. The fourth-order valence-electron chi connectivity index (χ4n) is 1.99. The van der Waals surface area contributed by atoms with Gasteiger partial charge in [-0.05, 0) is 64.6 Å². The zero-order valence-electron chi connectivity index (χ0n) is 13.1. The molecule has 4 nitrogen and oxygen atoms in total. The van der Waals surface area contributed by atoms with E-state index in [2.05, 4.69) is 22.6 Å². The minimum Gasteiger partial charge on any atom is -0.497 e. The van der Waals surface area contributed by atoms with Crippen molar-refractivity contribution < 1.29 is 19.0 Å². The van der Waals surface area contributed by atoms with Gasteiger partial charge in [-0.1, -0.05) is 12.1 Å². The minimum atomic E-state index is -0.363. The van der Waals surface area contributed by atoms with E-state index in [9.17, 15) is 4.79 Å². The SMILES string of the molecule is COc1ccc(/C(I)=C(/OC(C)=O)c2ccc(OC)cc2)cc1. The Balaban J connectivity index is 2.47. The van der Waals surface area contributed by atoms with Crippen molar-refractivity contribution in [2.75, 3.05) is 14.2 Å². The van der Waals surface area contributed by atoms with Gasteiger partial charge in [0.1, 0.15) is 11.5 Å². The van der Waals surface area contributed by atoms with E-state index >= 15 is 0 Å². The molecular formula is C18H17IO4. The second kappa shape index (κ2) is 8.01. The van der Waals surface area contributed by atoms with E-state index in [4.69, 9.17) is 14.2 Å². The van der Waals surface area contributed by atoms with Crippen molar-refractivity contribution >= 4 is 37.9 Å². The average molecular weight is 424 g/mol. The van der Waals surface area contributed by atoms with E-state index < -0.39 is 0 Å². The molecule has 0 heterocycles. The van der Waals surface area contributed by atoms with Crippen LogP contribution in [0.2, 0.25) is 0 Å². The third-order valence-electron chi connectivity index (χ3n) is 3.14. The minimum absolute atomic E-state index is 0.363. The molecule has 0 unspecified atom stereocenters. The largest absolute Gasteiger partial charge is 0.497 e. The van der Waals surface area contributed by atoms with Crippen molar-refractivity contribution in [3.63, 3.8) is 0 Å². The van der Waals surface area contributed by atoms with Crippen LogP contribution in [-0.2, 0) is 9.53 Å². The molecule has 2 rings (SSSR count). The monoisotopic (exact) mass is 424 g/mol. The van der Waals surface area contributed by atoms with Crippen LogP contribution >= 0.6 is 22.6 Å². The van der Waals surface area contributed by atoms with Gasteiger partial charge in [0.2, 0.25) is 0 Å². The van der Waals surface area contributed by atoms with Gasteiger partial charge < -0.3 is 14.2 Å². The van der Waals surface area contributed by atoms with E-state index in [0.717, 1.165) is 26.2 Å². The lowest BCUT2D eigenvalue weighted by Crippen LogP contribution is -2.00. The summed E-state index contributed by atoms with van der Waals surface area (Å²) in [5, 5.41) is 0. The van der Waals surface area contributed by atoms with Gasteiger partial charge in [0, 0.05) is 12.5 Å². The van der Waals surface area contributed by atoms with Crippen molar-refractivity contribution in [2.45, 2.75) is 6.92 Å². The highest BCUT2D eigenvalue weighted by Gasteiger charge is 2.13. The quantitative estimate of drug-likeness (QED) is 0.306. The second-order valence-corrected chi connectivity index (χ2v) is 5.77. The summed E-state index contributed by atoms with van der Waals surface area (Å²) in [5.41, 5.74) is 1.75. The number of methoxy groups -OCH3 is 2. The summed E-state index contributed by atoms with van der Waals surface area (Å²) in [6, 6.07) is 15.0. The summed E-state index contributed by atoms with van der Waals surface area (Å²) in [5.74, 6) is 1.68. The van der Waals surface area contributed by atoms with Crippen molar-refractivity contribution in [1.29, 1.82) is 0 Å². The van der Waals surface area contributed by atoms with Gasteiger partial charge in [0.05, 0.1) is 17.8 Å². The first kappa shape index (κ1) is 17.3. The Bertz CT molecular complexity index is 703. The van der Waals surface area contributed by atoms with Crippen LogP contribution < -0.4 is 9.47 Å². The number of ether oxygens (including phenoxy) is 3. The molecule has 0 saturated carbocycles. The third-order valence-corrected chi connectivity index (χ3v) is 4.25. The van der Waals surface area contributed by atoms with Crippen LogP contribution in [0, 0.1) is 0 Å². The average Bonchev–Trinajstić information content (AvgIpc) is 2.59. The highest BCUT2D eigenvalue weighted by Crippen LogP contribution is 2.34. The Morgan fingerprint density at radius 2 is 1.26 bits per heavy atom. The molecule has 0 amide bonds. The summed E-state index contributed by atoms with van der Waals surface area (Å²) in [6.45, 7) is 1.39. The predicted molar refractivity (Wildman–Crippen MR) is 98.6 cm³/mol. The summed E-state index contributed by atoms with van der Waals surface area (Å²) in [4.78, 5) is 11.5. The van der Waals surface area contributed by atoms with Gasteiger partial charge in [-0.3, -0.25) is 4.79 Å². The zero-order valence-corrected chi connectivity index (χ0v) is 15.3. The normalized spacial score (nSPS) is 11.5. The number of carbonyl (C=O) groups is 1. The molecule has 120 valence electrons. The molecule has 0 atom stereocenters. The molecule has 5 heteroatoms. The number of halogens is 1. The van der Waals surface area contributed by atoms with Gasteiger partial charge in [-0.25, -0.2) is 0 Å². The predicted octanol–water partition coefficient (Wildman–Crippen LogP) is 4.53. The number of rotatable bonds is 5. The molecule has 0 N–H and O–H groups in total. The molecule has 0 aliphatic heterocycles. The molecule has 2 aromatic rings. The second-order valence-electron chi connectivity index (χ2n) is 4.69. The molecule has 0 aliphatic rings. The molecule has 0 aromatic heterocycles. The summed E-state index contributed by atoms with van der Waals surface area (Å²) in [6.07, 6.45) is 0. The van der Waals surface area contributed by atoms with Crippen LogP contribution in [0.4, 0.5) is 0 Å². The number of hydrogen-bond acceptors (Lipinski definition) is 4. The Hall–Kier alpha value is -2.02. The van der Waals surface area contributed by atoms with E-state index in [-0.39, 0.29) is 5.97 Å². The number of hydrogen-bond donors (Lipinski definition) is 0. The molecule has 0 saturated heterocycles. The Morgan fingerprint density at radius 3 is 1.65 bits per heavy atom. The highest BCUT2D eigenvalue weighted by atomic mass is 127. The summed E-state index contributed by atoms with van der Waals surface area (Å²) < 4.78 is 16.6. The molecular weight excluding hydrogens is 407 g/mol. The van der Waals surface area contributed by atoms with E-state index in [1.807, 2.05) is 48.5 Å². The van der Waals surface area contributed by atoms with Crippen LogP contribution in [0.3, 0.4) is 0 Å². The van der Waals surface area contributed by atoms with Crippen LogP contribution in [0.15, 0.2) is 48.5 Å². The topological polar surface area (TPSA) is 44.8 Å². The van der Waals surface area contributed by atoms with Crippen LogP contribution in [0.25, 0.3) is 9.34 Å². The van der Waals surface area contributed by atoms with Crippen LogP contribution in [0.5, 0.6) is 11.5 Å². The van der Waals surface area contributed by atoms with Crippen molar-refractivity contribution in [3.05, 3.63) is 59.7 Å². The smallest absolute Gasteiger partial charge is 0.308 e. The maximum absolute atomic E-state index is 11.5. The van der Waals surface area contributed by atoms with Crippen LogP contribution in [-0.4, -0.2) is 20.2 Å². The number of benzene rings is 2. The van der Waals surface area contributed by atoms with E-state index in [1.54, 1.807) is 14.2 Å². The summed E-state index contributed by atoms with van der Waals surface area (Å²) in [7, 11) is 3.23. The molecule has 0 aliphatic carbocycles. The number of esters is 1. The fraction of sp³-hybridized carbons (Fsp3) is 0.167. The first-order valence-corrected chi connectivity index (χ1v) is 8.00. The molecule has 0 radical (unpaired) electrons. The van der Waals surface area contributed by atoms with E-state index in [1.165, 1.54) is 6.92 Å². The van der Waals surface area contributed by atoms with E-state index in [0.29, 0.717) is 5.76 Å². The van der Waals surface area contributed by atoms with Crippen molar-refractivity contribution in [1.82, 2.24) is 0 Å². The van der Waals surface area contributed by atoms with Gasteiger partial charge in [-0.15, -0.1) is 0 Å². The Morgan fingerprint density at radius 1 is 0.826 bits per heavy atom. The molecule has 23 heavy (non-hydrogen) atoms. The molecule has 2 aromatic carbocycles. The van der Waals surface area contributed by atoms with Gasteiger partial charge >= 0.3 is 5.97 Å². The molecule has 0 bridgehead atoms. The highest BCUT2D eigenvalue weighted by molar-refractivity contribution is 14.1.